The highest BCUT2D eigenvalue weighted by Crippen LogP contribution is 2.21. The number of nitrogens with zero attached hydrogens (tertiary/aromatic N) is 3. The van der Waals surface area contributed by atoms with E-state index in [0.717, 1.165) is 41.7 Å². The molecule has 2 aromatic carbocycles. The molecular weight excluding hydrogens is 388 g/mol. The van der Waals surface area contributed by atoms with Gasteiger partial charge in [0.1, 0.15) is 17.5 Å². The molecule has 1 heterocycles. The van der Waals surface area contributed by atoms with Crippen molar-refractivity contribution < 1.29 is 4.79 Å². The Balaban J connectivity index is 1.63. The molecule has 0 aliphatic heterocycles. The lowest BCUT2D eigenvalue weighted by Gasteiger charge is -2.20. The van der Waals surface area contributed by atoms with Crippen molar-refractivity contribution in [1.82, 2.24) is 9.97 Å². The Morgan fingerprint density at radius 1 is 0.806 bits per heavy atom. The third kappa shape index (κ3) is 5.94. The molecule has 0 aliphatic rings. The van der Waals surface area contributed by atoms with Crippen LogP contribution in [0.5, 0.6) is 0 Å². The van der Waals surface area contributed by atoms with Gasteiger partial charge in [-0.2, -0.15) is 0 Å². The van der Waals surface area contributed by atoms with Crippen LogP contribution >= 0.6 is 0 Å². The van der Waals surface area contributed by atoms with Gasteiger partial charge in [0.15, 0.2) is 0 Å². The average molecular weight is 419 g/mol. The van der Waals surface area contributed by atoms with Crippen LogP contribution < -0.4 is 20.9 Å². The van der Waals surface area contributed by atoms with Crippen LogP contribution in [0.25, 0.3) is 0 Å². The number of anilines is 5. The summed E-state index contributed by atoms with van der Waals surface area (Å²) >= 11 is 0. The van der Waals surface area contributed by atoms with Gasteiger partial charge in [-0.15, -0.1) is 0 Å². The Kier molecular flexibility index (Phi) is 7.07. The van der Waals surface area contributed by atoms with Gasteiger partial charge in [-0.1, -0.05) is 6.07 Å². The van der Waals surface area contributed by atoms with Crippen molar-refractivity contribution in [2.24, 2.45) is 0 Å². The first-order valence-corrected chi connectivity index (χ1v) is 10.5. The van der Waals surface area contributed by atoms with Gasteiger partial charge in [0.2, 0.25) is 0 Å². The topological polar surface area (TPSA) is 82.2 Å². The maximum absolute atomic E-state index is 12.3. The highest BCUT2D eigenvalue weighted by atomic mass is 16.2. The minimum atomic E-state index is -0.278. The van der Waals surface area contributed by atoms with Gasteiger partial charge < -0.3 is 20.9 Å². The number of amides is 2. The number of rotatable bonds is 7. The molecule has 7 heteroatoms. The van der Waals surface area contributed by atoms with E-state index < -0.39 is 0 Å². The zero-order valence-electron chi connectivity index (χ0n) is 18.8. The fourth-order valence-corrected chi connectivity index (χ4v) is 3.22. The van der Waals surface area contributed by atoms with Gasteiger partial charge >= 0.3 is 6.03 Å². The SMILES string of the molecule is CCN(CC)c1cc(Nc2ccc(NC(=O)Nc3ccc(C)c(C)c3)cc2)nc(C)n1. The normalized spacial score (nSPS) is 10.5. The van der Waals surface area contributed by atoms with E-state index in [-0.39, 0.29) is 6.03 Å². The summed E-state index contributed by atoms with van der Waals surface area (Å²) in [5.41, 5.74) is 4.68. The number of aryl methyl sites for hydroxylation is 3. The first-order valence-electron chi connectivity index (χ1n) is 10.5. The third-order valence-electron chi connectivity index (χ3n) is 5.09. The summed E-state index contributed by atoms with van der Waals surface area (Å²) in [7, 11) is 0. The second-order valence-corrected chi connectivity index (χ2v) is 7.41. The lowest BCUT2D eigenvalue weighted by atomic mass is 10.1. The molecular formula is C24H30N6O. The fraction of sp³-hybridized carbons (Fsp3) is 0.292. The van der Waals surface area contributed by atoms with E-state index in [4.69, 9.17) is 0 Å². The van der Waals surface area contributed by atoms with Crippen LogP contribution in [0.2, 0.25) is 0 Å². The zero-order valence-corrected chi connectivity index (χ0v) is 18.8. The number of nitrogens with one attached hydrogen (secondary N) is 3. The summed E-state index contributed by atoms with van der Waals surface area (Å²) in [5, 5.41) is 9.03. The van der Waals surface area contributed by atoms with Crippen molar-refractivity contribution >= 4 is 34.7 Å². The highest BCUT2D eigenvalue weighted by Gasteiger charge is 2.08. The van der Waals surface area contributed by atoms with Crippen molar-refractivity contribution in [1.29, 1.82) is 0 Å². The monoisotopic (exact) mass is 418 g/mol. The average Bonchev–Trinajstić information content (AvgIpc) is 2.73. The Morgan fingerprint density at radius 2 is 1.42 bits per heavy atom. The Morgan fingerprint density at radius 3 is 2.06 bits per heavy atom. The molecule has 7 nitrogen and oxygen atoms in total. The number of benzene rings is 2. The zero-order chi connectivity index (χ0) is 22.4. The van der Waals surface area contributed by atoms with Crippen LogP contribution in [0.1, 0.15) is 30.8 Å². The van der Waals surface area contributed by atoms with Gasteiger partial charge in [-0.3, -0.25) is 0 Å². The summed E-state index contributed by atoms with van der Waals surface area (Å²) in [6.07, 6.45) is 0. The summed E-state index contributed by atoms with van der Waals surface area (Å²) in [6.45, 7) is 11.9. The maximum atomic E-state index is 12.3. The third-order valence-corrected chi connectivity index (χ3v) is 5.09. The van der Waals surface area contributed by atoms with Crippen molar-refractivity contribution in [3.63, 3.8) is 0 Å². The molecule has 162 valence electrons. The second kappa shape index (κ2) is 9.93. The molecule has 3 N–H and O–H groups in total. The van der Waals surface area contributed by atoms with Gasteiger partial charge in [-0.25, -0.2) is 14.8 Å². The van der Waals surface area contributed by atoms with Crippen molar-refractivity contribution in [2.45, 2.75) is 34.6 Å². The van der Waals surface area contributed by atoms with Crippen LogP contribution in [0.4, 0.5) is 33.5 Å². The van der Waals surface area contributed by atoms with Crippen LogP contribution in [0.15, 0.2) is 48.5 Å². The van der Waals surface area contributed by atoms with E-state index in [0.29, 0.717) is 11.5 Å². The first-order chi connectivity index (χ1) is 14.9. The lowest BCUT2D eigenvalue weighted by molar-refractivity contribution is 0.262. The predicted octanol–water partition coefficient (Wildman–Crippen LogP) is 5.64. The molecule has 0 saturated carbocycles. The number of hydrogen-bond donors (Lipinski definition) is 3. The van der Waals surface area contributed by atoms with E-state index in [1.807, 2.05) is 69.3 Å². The van der Waals surface area contributed by atoms with Gasteiger partial charge in [0.05, 0.1) is 0 Å². The quantitative estimate of drug-likeness (QED) is 0.463. The molecule has 1 aromatic heterocycles. The lowest BCUT2D eigenvalue weighted by Crippen LogP contribution is -2.23. The van der Waals surface area contributed by atoms with Crippen molar-refractivity contribution in [2.75, 3.05) is 33.9 Å². The summed E-state index contributed by atoms with van der Waals surface area (Å²) in [6, 6.07) is 15.0. The Labute approximate surface area is 183 Å². The molecule has 2 amide bonds. The van der Waals surface area contributed by atoms with Gasteiger partial charge in [0.25, 0.3) is 0 Å². The summed E-state index contributed by atoms with van der Waals surface area (Å²) in [4.78, 5) is 23.5. The molecule has 0 bridgehead atoms. The Hall–Kier alpha value is -3.61. The maximum Gasteiger partial charge on any atom is 0.323 e. The predicted molar refractivity (Wildman–Crippen MR) is 129 cm³/mol. The van der Waals surface area contributed by atoms with E-state index in [1.54, 1.807) is 0 Å². The van der Waals surface area contributed by atoms with Crippen LogP contribution in [0, 0.1) is 20.8 Å². The number of hydrogen-bond acceptors (Lipinski definition) is 5. The molecule has 0 radical (unpaired) electrons. The molecule has 0 spiro atoms. The molecule has 0 fully saturated rings. The van der Waals surface area contributed by atoms with E-state index >= 15 is 0 Å². The van der Waals surface area contributed by atoms with Crippen LogP contribution in [-0.2, 0) is 0 Å². The number of carbonyl (C=O) groups excluding carboxylic acids is 1. The number of aromatic nitrogens is 2. The fourth-order valence-electron chi connectivity index (χ4n) is 3.22. The number of carbonyl (C=O) groups is 1. The molecule has 0 atom stereocenters. The van der Waals surface area contributed by atoms with Crippen LogP contribution in [-0.4, -0.2) is 29.1 Å². The smallest absolute Gasteiger partial charge is 0.323 e. The standard InChI is InChI=1S/C24H30N6O/c1-6-30(7-2)23-15-22(25-18(5)26-23)27-19-10-12-20(13-11-19)28-24(31)29-21-9-8-16(3)17(4)14-21/h8-15H,6-7H2,1-5H3,(H,25,26,27)(H2,28,29,31). The van der Waals surface area contributed by atoms with E-state index in [9.17, 15) is 4.79 Å². The van der Waals surface area contributed by atoms with E-state index in [2.05, 4.69) is 44.7 Å². The molecule has 0 aliphatic carbocycles. The van der Waals surface area contributed by atoms with Gasteiger partial charge in [-0.05, 0) is 82.1 Å². The molecule has 3 rings (SSSR count). The van der Waals surface area contributed by atoms with Crippen molar-refractivity contribution in [3.8, 4) is 0 Å². The van der Waals surface area contributed by atoms with E-state index in [1.165, 1.54) is 5.56 Å². The Bertz CT molecular complexity index is 1040. The minimum Gasteiger partial charge on any atom is -0.357 e. The molecule has 0 saturated heterocycles. The minimum absolute atomic E-state index is 0.278. The molecule has 3 aromatic rings. The molecule has 31 heavy (non-hydrogen) atoms. The first kappa shape index (κ1) is 22.1. The second-order valence-electron chi connectivity index (χ2n) is 7.41. The largest absolute Gasteiger partial charge is 0.357 e. The number of urea groups is 1. The molecule has 0 unspecified atom stereocenters. The van der Waals surface area contributed by atoms with Crippen LogP contribution in [0.3, 0.4) is 0 Å². The highest BCUT2D eigenvalue weighted by molar-refractivity contribution is 5.99. The summed E-state index contributed by atoms with van der Waals surface area (Å²) < 4.78 is 0. The van der Waals surface area contributed by atoms with Crippen molar-refractivity contribution in [3.05, 3.63) is 65.5 Å². The van der Waals surface area contributed by atoms with Gasteiger partial charge in [0, 0.05) is 36.2 Å². The summed E-state index contributed by atoms with van der Waals surface area (Å²) in [5.74, 6) is 2.36.